The van der Waals surface area contributed by atoms with Crippen molar-refractivity contribution in [3.05, 3.63) is 82.3 Å². The minimum atomic E-state index is -3.12. The topological polar surface area (TPSA) is 78.3 Å². The van der Waals surface area contributed by atoms with Gasteiger partial charge in [0, 0.05) is 16.6 Å². The second-order valence-electron chi connectivity index (χ2n) is 8.55. The van der Waals surface area contributed by atoms with Gasteiger partial charge in [-0.1, -0.05) is 23.7 Å². The van der Waals surface area contributed by atoms with Crippen LogP contribution in [-0.2, 0) is 16.1 Å². The van der Waals surface area contributed by atoms with Gasteiger partial charge >= 0.3 is 6.61 Å². The summed E-state index contributed by atoms with van der Waals surface area (Å²) in [6.07, 6.45) is 0.916. The molecule has 0 radical (unpaired) electrons. The summed E-state index contributed by atoms with van der Waals surface area (Å²) in [5.74, 6) is -1.57. The first-order chi connectivity index (χ1) is 18.0. The van der Waals surface area contributed by atoms with E-state index in [1.54, 1.807) is 38.1 Å². The quantitative estimate of drug-likeness (QED) is 0.257. The van der Waals surface area contributed by atoms with E-state index in [0.717, 1.165) is 12.3 Å². The largest absolute Gasteiger partial charge is 0.487 e. The maximum absolute atomic E-state index is 14.3. The molecule has 4 rings (SSSR count). The molecule has 0 fully saturated rings. The van der Waals surface area contributed by atoms with E-state index in [1.807, 2.05) is 0 Å². The molecule has 0 aliphatic heterocycles. The van der Waals surface area contributed by atoms with Crippen molar-refractivity contribution >= 4 is 28.4 Å². The molecule has 1 amide bonds. The molecule has 0 spiro atoms. The van der Waals surface area contributed by atoms with Crippen molar-refractivity contribution in [2.75, 3.05) is 0 Å². The third-order valence-corrected chi connectivity index (χ3v) is 6.11. The van der Waals surface area contributed by atoms with Crippen molar-refractivity contribution in [3.8, 4) is 11.4 Å². The van der Waals surface area contributed by atoms with Crippen LogP contribution in [0.3, 0.4) is 0 Å². The lowest BCUT2D eigenvalue weighted by atomic mass is 10.0. The van der Waals surface area contributed by atoms with E-state index in [0.29, 0.717) is 39.2 Å². The van der Waals surface area contributed by atoms with Crippen LogP contribution in [0, 0.1) is 18.6 Å². The predicted octanol–water partition coefficient (Wildman–Crippen LogP) is 6.04. The number of aryl methyl sites for hydroxylation is 1. The van der Waals surface area contributed by atoms with Crippen molar-refractivity contribution in [3.63, 3.8) is 0 Å². The van der Waals surface area contributed by atoms with Crippen LogP contribution < -0.4 is 10.1 Å². The highest BCUT2D eigenvalue weighted by molar-refractivity contribution is 6.31. The van der Waals surface area contributed by atoms with E-state index < -0.39 is 36.3 Å². The molecule has 0 aliphatic rings. The number of aromatic nitrogens is 3. The monoisotopic (exact) mass is 550 g/mol. The molecule has 7 nitrogen and oxygen atoms in total. The number of pyridine rings is 1. The van der Waals surface area contributed by atoms with Crippen LogP contribution in [0.25, 0.3) is 16.6 Å². The van der Waals surface area contributed by atoms with Gasteiger partial charge in [-0.15, -0.1) is 0 Å². The molecule has 2 atom stereocenters. The van der Waals surface area contributed by atoms with Gasteiger partial charge in [-0.25, -0.2) is 18.4 Å². The zero-order valence-corrected chi connectivity index (χ0v) is 21.3. The van der Waals surface area contributed by atoms with Crippen molar-refractivity contribution < 1.29 is 31.8 Å². The molecule has 0 saturated heterocycles. The highest BCUT2D eigenvalue weighted by Crippen LogP contribution is 2.32. The van der Waals surface area contributed by atoms with Crippen LogP contribution in [0.1, 0.15) is 36.7 Å². The molecular formula is C26H23ClF4N4O3. The third kappa shape index (κ3) is 6.05. The number of ether oxygens (including phenoxy) is 2. The zero-order valence-electron chi connectivity index (χ0n) is 20.5. The number of benzene rings is 2. The number of nitrogens with zero attached hydrogens (tertiary/aromatic N) is 3. The summed E-state index contributed by atoms with van der Waals surface area (Å²) in [6, 6.07) is 8.45. The first-order valence-corrected chi connectivity index (χ1v) is 11.9. The number of amides is 1. The molecule has 2 heterocycles. The van der Waals surface area contributed by atoms with E-state index in [-0.39, 0.29) is 11.6 Å². The average molecular weight is 551 g/mol. The first-order valence-electron chi connectivity index (χ1n) is 11.5. The Morgan fingerprint density at radius 3 is 2.61 bits per heavy atom. The Balaban J connectivity index is 1.64. The van der Waals surface area contributed by atoms with Gasteiger partial charge in [0.2, 0.25) is 5.91 Å². The number of nitrogens with one attached hydrogen (secondary N) is 1. The molecular weight excluding hydrogens is 528 g/mol. The summed E-state index contributed by atoms with van der Waals surface area (Å²) in [6.45, 7) is 1.26. The third-order valence-electron chi connectivity index (χ3n) is 5.77. The van der Waals surface area contributed by atoms with Gasteiger partial charge in [-0.3, -0.25) is 4.79 Å². The molecule has 200 valence electrons. The number of para-hydroxylation sites is 1. The van der Waals surface area contributed by atoms with Gasteiger partial charge in [0.15, 0.2) is 5.82 Å². The molecule has 2 aromatic carbocycles. The molecule has 0 bridgehead atoms. The maximum Gasteiger partial charge on any atom is 0.346 e. The Kier molecular flexibility index (Phi) is 8.17. The number of carbonyl (C=O) groups is 1. The number of fused-ring (bicyclic) bond motifs is 1. The van der Waals surface area contributed by atoms with Crippen LogP contribution in [-0.4, -0.2) is 33.4 Å². The predicted molar refractivity (Wildman–Crippen MR) is 132 cm³/mol. The van der Waals surface area contributed by atoms with Gasteiger partial charge < -0.3 is 14.8 Å². The zero-order chi connectivity index (χ0) is 27.6. The van der Waals surface area contributed by atoms with Crippen LogP contribution in [0.4, 0.5) is 17.6 Å². The second kappa shape index (κ2) is 11.4. The summed E-state index contributed by atoms with van der Waals surface area (Å²) >= 11 is 6.34. The summed E-state index contributed by atoms with van der Waals surface area (Å²) < 4.78 is 64.5. The normalized spacial score (nSPS) is 13.1. The van der Waals surface area contributed by atoms with E-state index in [4.69, 9.17) is 16.3 Å². The number of hydrogen-bond donors (Lipinski definition) is 1. The molecule has 0 aliphatic carbocycles. The Hall–Kier alpha value is -3.70. The number of rotatable bonds is 9. The number of halogens is 5. The van der Waals surface area contributed by atoms with Gasteiger partial charge in [-0.05, 0) is 50.6 Å². The lowest BCUT2D eigenvalue weighted by Gasteiger charge is -2.22. The number of alkyl halides is 2. The summed E-state index contributed by atoms with van der Waals surface area (Å²) in [5.41, 5.74) is 2.39. The van der Waals surface area contributed by atoms with E-state index in [9.17, 15) is 22.4 Å². The fourth-order valence-corrected chi connectivity index (χ4v) is 4.27. The van der Waals surface area contributed by atoms with E-state index in [1.165, 1.54) is 23.9 Å². The lowest BCUT2D eigenvalue weighted by Crippen LogP contribution is -2.37. The highest BCUT2D eigenvalue weighted by Gasteiger charge is 2.23. The minimum Gasteiger partial charge on any atom is -0.487 e. The van der Waals surface area contributed by atoms with Crippen molar-refractivity contribution in [2.24, 2.45) is 0 Å². The molecule has 2 aromatic heterocycles. The van der Waals surface area contributed by atoms with Crippen LogP contribution in [0.15, 0.2) is 48.8 Å². The Morgan fingerprint density at radius 2 is 1.92 bits per heavy atom. The van der Waals surface area contributed by atoms with Gasteiger partial charge in [0.25, 0.3) is 0 Å². The first kappa shape index (κ1) is 27.3. The lowest BCUT2D eigenvalue weighted by molar-refractivity contribution is -0.172. The van der Waals surface area contributed by atoms with Crippen LogP contribution in [0.2, 0.25) is 5.02 Å². The smallest absolute Gasteiger partial charge is 0.346 e. The van der Waals surface area contributed by atoms with Crippen molar-refractivity contribution in [1.82, 2.24) is 20.1 Å². The molecule has 0 saturated carbocycles. The molecule has 0 unspecified atom stereocenters. The Bertz CT molecular complexity index is 1480. The fraction of sp³-hybridized carbons (Fsp3) is 0.269. The van der Waals surface area contributed by atoms with Crippen LogP contribution >= 0.6 is 11.6 Å². The Morgan fingerprint density at radius 1 is 1.16 bits per heavy atom. The summed E-state index contributed by atoms with van der Waals surface area (Å²) in [7, 11) is 0. The van der Waals surface area contributed by atoms with Crippen LogP contribution in [0.5, 0.6) is 5.75 Å². The number of carbonyl (C=O) groups excluding carboxylic acids is 1. The van der Waals surface area contributed by atoms with Crippen molar-refractivity contribution in [1.29, 1.82) is 0 Å². The molecule has 1 N–H and O–H groups in total. The fourth-order valence-electron chi connectivity index (χ4n) is 4.00. The molecule has 12 heteroatoms. The highest BCUT2D eigenvalue weighted by atomic mass is 35.5. The standard InChI is InChI=1S/C26H23ClF4N4O3/c1-13-7-22(35-11-17(29)10-32-35)18-5-4-6-23(24(18)33-13)37-12-20-19(8-16(28)9-21(20)27)14(2)34-25(36)15(3)38-26(30)31/h4-11,14-15,26H,12H2,1-3H3,(H,34,36)/t14-,15+/m0/s1. The average Bonchev–Trinajstić information content (AvgIpc) is 3.28. The number of hydrogen-bond acceptors (Lipinski definition) is 5. The SMILES string of the molecule is Cc1cc(-n2cc(F)cn2)c2cccc(OCc3c(Cl)cc(F)cc3[C@H](C)NC(=O)[C@@H](C)OC(F)F)c2n1. The maximum atomic E-state index is 14.3. The minimum absolute atomic E-state index is 0.0510. The summed E-state index contributed by atoms with van der Waals surface area (Å²) in [5, 5.41) is 7.27. The van der Waals surface area contributed by atoms with Gasteiger partial charge in [0.1, 0.15) is 29.8 Å². The van der Waals surface area contributed by atoms with Gasteiger partial charge in [-0.2, -0.15) is 13.9 Å². The van der Waals surface area contributed by atoms with E-state index in [2.05, 4.69) is 20.1 Å². The second-order valence-corrected chi connectivity index (χ2v) is 8.96. The molecule has 4 aromatic rings. The molecule has 38 heavy (non-hydrogen) atoms. The van der Waals surface area contributed by atoms with E-state index >= 15 is 0 Å². The van der Waals surface area contributed by atoms with Crippen molar-refractivity contribution in [2.45, 2.75) is 46.1 Å². The Labute approximate surface area is 220 Å². The summed E-state index contributed by atoms with van der Waals surface area (Å²) in [4.78, 5) is 16.9. The van der Waals surface area contributed by atoms with Gasteiger partial charge in [0.05, 0.1) is 29.1 Å².